The molecule has 4 rings (SSSR count). The maximum Gasteiger partial charge on any atom is 0.410 e. The molecule has 192 valence electrons. The molecule has 2 aliphatic rings. The first-order valence-corrected chi connectivity index (χ1v) is 11.9. The summed E-state index contributed by atoms with van der Waals surface area (Å²) in [5.41, 5.74) is 0.960. The number of hydrogen-bond donors (Lipinski definition) is 3. The van der Waals surface area contributed by atoms with Crippen LogP contribution in [0.4, 0.5) is 14.9 Å². The zero-order valence-corrected chi connectivity index (χ0v) is 20.7. The molecular weight excluding hydrogens is 467 g/mol. The van der Waals surface area contributed by atoms with Gasteiger partial charge in [-0.1, -0.05) is 18.2 Å². The predicted octanol–water partition coefficient (Wildman–Crippen LogP) is 3.60. The summed E-state index contributed by atoms with van der Waals surface area (Å²) in [6, 6.07) is 10.5. The maximum atomic E-state index is 14.0. The first kappa shape index (κ1) is 25.4. The van der Waals surface area contributed by atoms with Gasteiger partial charge < -0.3 is 24.8 Å². The number of aliphatic imine (C=N–C) groups is 1. The predicted molar refractivity (Wildman–Crippen MR) is 131 cm³/mol. The minimum Gasteiger partial charge on any atom is -0.507 e. The van der Waals surface area contributed by atoms with Crippen LogP contribution in [0.5, 0.6) is 5.75 Å². The summed E-state index contributed by atoms with van der Waals surface area (Å²) >= 11 is 0. The van der Waals surface area contributed by atoms with Gasteiger partial charge in [-0.25, -0.2) is 14.2 Å². The molecule has 0 aromatic heterocycles. The smallest absolute Gasteiger partial charge is 0.410 e. The van der Waals surface area contributed by atoms with Crippen molar-refractivity contribution in [1.82, 2.24) is 15.5 Å². The molecule has 3 atom stereocenters. The van der Waals surface area contributed by atoms with E-state index in [4.69, 9.17) is 9.47 Å². The summed E-state index contributed by atoms with van der Waals surface area (Å²) in [4.78, 5) is 31.6. The third-order valence-corrected chi connectivity index (χ3v) is 5.92. The molecule has 1 amide bonds. The number of esters is 1. The molecule has 2 aromatic rings. The number of carbonyl (C=O) groups excluding carboxylic acids is 2. The monoisotopic (exact) mass is 498 g/mol. The topological polar surface area (TPSA) is 112 Å². The van der Waals surface area contributed by atoms with Crippen LogP contribution in [0.15, 0.2) is 47.5 Å². The van der Waals surface area contributed by atoms with Crippen molar-refractivity contribution in [3.8, 4) is 5.75 Å². The van der Waals surface area contributed by atoms with Crippen molar-refractivity contribution in [3.05, 3.63) is 59.4 Å². The first-order valence-electron chi connectivity index (χ1n) is 11.9. The lowest BCUT2D eigenvalue weighted by Crippen LogP contribution is -2.49. The van der Waals surface area contributed by atoms with Gasteiger partial charge >= 0.3 is 12.1 Å². The minimum absolute atomic E-state index is 0.123. The second-order valence-corrected chi connectivity index (χ2v) is 9.78. The third kappa shape index (κ3) is 5.59. The summed E-state index contributed by atoms with van der Waals surface area (Å²) in [6.07, 6.45) is -1.05. The number of fused-ring (bicyclic) bond motifs is 1. The third-order valence-electron chi connectivity index (χ3n) is 5.92. The van der Waals surface area contributed by atoms with Gasteiger partial charge in [0.15, 0.2) is 0 Å². The Morgan fingerprint density at radius 1 is 1.22 bits per heavy atom. The highest BCUT2D eigenvalue weighted by atomic mass is 19.1. The van der Waals surface area contributed by atoms with Crippen LogP contribution < -0.4 is 10.6 Å². The number of amidine groups is 1. The number of nitrogens with zero attached hydrogens (tertiary/aromatic N) is 2. The van der Waals surface area contributed by atoms with Crippen LogP contribution in [0, 0.1) is 11.7 Å². The van der Waals surface area contributed by atoms with Crippen molar-refractivity contribution in [2.75, 3.05) is 19.7 Å². The molecule has 0 saturated carbocycles. The number of benzene rings is 2. The average Bonchev–Trinajstić information content (AvgIpc) is 3.24. The fraction of sp³-hybridized carbons (Fsp3) is 0.423. The van der Waals surface area contributed by atoms with E-state index in [0.717, 1.165) is 5.56 Å². The number of amides is 1. The molecule has 1 fully saturated rings. The van der Waals surface area contributed by atoms with E-state index in [1.807, 2.05) is 24.3 Å². The summed E-state index contributed by atoms with van der Waals surface area (Å²) in [6.45, 7) is 7.66. The van der Waals surface area contributed by atoms with E-state index < -0.39 is 41.6 Å². The molecule has 36 heavy (non-hydrogen) atoms. The SMILES string of the molecule is CCOC(=O)[C@H]1CN(C(=O)OC(C)(C)C)C[C@@H]1NC1NC(c2cc(F)ccc2O)=Nc2ccccc21. The standard InChI is InChI=1S/C26H31FN4O5/c1-5-35-24(33)18-13-31(25(34)36-26(2,3)4)14-20(18)29-22-16-8-6-7-9-19(16)28-23(30-22)17-12-15(27)10-11-21(17)32/h6-12,18,20,22,29,32H,5,13-14H2,1-4H3,(H,28,30)/t18-,20-,22?/m0/s1. The first-order chi connectivity index (χ1) is 17.1. The van der Waals surface area contributed by atoms with Crippen LogP contribution >= 0.6 is 0 Å². The Morgan fingerprint density at radius 3 is 2.69 bits per heavy atom. The Kier molecular flexibility index (Phi) is 7.16. The highest BCUT2D eigenvalue weighted by Crippen LogP contribution is 2.32. The number of carbonyl (C=O) groups is 2. The van der Waals surface area contributed by atoms with E-state index >= 15 is 0 Å². The number of phenolic OH excluding ortho intramolecular Hbond substituents is 1. The maximum absolute atomic E-state index is 14.0. The summed E-state index contributed by atoms with van der Waals surface area (Å²) in [7, 11) is 0. The lowest BCUT2D eigenvalue weighted by atomic mass is 10.0. The lowest BCUT2D eigenvalue weighted by Gasteiger charge is -2.31. The number of likely N-dealkylation sites (tertiary alicyclic amines) is 1. The quantitative estimate of drug-likeness (QED) is 0.540. The van der Waals surface area contributed by atoms with E-state index in [1.54, 1.807) is 27.7 Å². The normalized spacial score (nSPS) is 21.3. The zero-order chi connectivity index (χ0) is 26.0. The van der Waals surface area contributed by atoms with E-state index in [0.29, 0.717) is 5.69 Å². The van der Waals surface area contributed by atoms with E-state index in [1.165, 1.54) is 23.1 Å². The summed E-state index contributed by atoms with van der Waals surface area (Å²) in [5.74, 6) is -1.40. The Hall–Kier alpha value is -3.66. The molecule has 1 saturated heterocycles. The number of phenols is 1. The van der Waals surface area contributed by atoms with Gasteiger partial charge in [-0.3, -0.25) is 10.1 Å². The fourth-order valence-electron chi connectivity index (χ4n) is 4.32. The highest BCUT2D eigenvalue weighted by molar-refractivity contribution is 6.03. The molecule has 2 aliphatic heterocycles. The molecule has 2 heterocycles. The molecule has 2 aromatic carbocycles. The molecule has 0 aliphatic carbocycles. The van der Waals surface area contributed by atoms with Crippen LogP contribution in [0.25, 0.3) is 0 Å². The number of para-hydroxylation sites is 1. The van der Waals surface area contributed by atoms with Crippen molar-refractivity contribution in [2.45, 2.75) is 45.5 Å². The Labute approximate surface area is 209 Å². The van der Waals surface area contributed by atoms with Crippen LogP contribution in [0.1, 0.15) is 45.0 Å². The van der Waals surface area contributed by atoms with Crippen LogP contribution in [-0.2, 0) is 14.3 Å². The average molecular weight is 499 g/mol. The van der Waals surface area contributed by atoms with E-state index in [2.05, 4.69) is 15.6 Å². The molecule has 0 radical (unpaired) electrons. The Bertz CT molecular complexity index is 1180. The van der Waals surface area contributed by atoms with Gasteiger partial charge in [0.25, 0.3) is 0 Å². The van der Waals surface area contributed by atoms with Crippen molar-refractivity contribution in [1.29, 1.82) is 0 Å². The number of rotatable bonds is 5. The Balaban J connectivity index is 1.62. The molecule has 0 bridgehead atoms. The largest absolute Gasteiger partial charge is 0.507 e. The lowest BCUT2D eigenvalue weighted by molar-refractivity contribution is -0.148. The molecule has 3 N–H and O–H groups in total. The fourth-order valence-corrected chi connectivity index (χ4v) is 4.32. The number of halogens is 1. The molecule has 9 nitrogen and oxygen atoms in total. The van der Waals surface area contributed by atoms with Crippen molar-refractivity contribution in [2.24, 2.45) is 10.9 Å². The van der Waals surface area contributed by atoms with Gasteiger partial charge in [-0.2, -0.15) is 0 Å². The number of hydrogen-bond acceptors (Lipinski definition) is 8. The van der Waals surface area contributed by atoms with Crippen molar-refractivity contribution < 1.29 is 28.6 Å². The van der Waals surface area contributed by atoms with Gasteiger partial charge in [0.2, 0.25) is 0 Å². The molecule has 0 spiro atoms. The van der Waals surface area contributed by atoms with Gasteiger partial charge in [-0.15, -0.1) is 0 Å². The molecular formula is C26H31FN4O5. The summed E-state index contributed by atoms with van der Waals surface area (Å²) < 4.78 is 24.8. The second kappa shape index (κ2) is 10.1. The van der Waals surface area contributed by atoms with E-state index in [-0.39, 0.29) is 36.8 Å². The van der Waals surface area contributed by atoms with Crippen LogP contribution in [0.3, 0.4) is 0 Å². The number of aromatic hydroxyl groups is 1. The Morgan fingerprint density at radius 2 is 1.97 bits per heavy atom. The molecule has 10 heteroatoms. The number of nitrogens with one attached hydrogen (secondary N) is 2. The highest BCUT2D eigenvalue weighted by Gasteiger charge is 2.43. The summed E-state index contributed by atoms with van der Waals surface area (Å²) in [5, 5.41) is 17.0. The van der Waals surface area contributed by atoms with Gasteiger partial charge in [0, 0.05) is 24.7 Å². The zero-order valence-electron chi connectivity index (χ0n) is 20.7. The second-order valence-electron chi connectivity index (χ2n) is 9.78. The van der Waals surface area contributed by atoms with Gasteiger partial charge in [0.05, 0.1) is 23.8 Å². The van der Waals surface area contributed by atoms with Gasteiger partial charge in [-0.05, 0) is 52.0 Å². The van der Waals surface area contributed by atoms with Crippen molar-refractivity contribution >= 4 is 23.6 Å². The van der Waals surface area contributed by atoms with E-state index in [9.17, 15) is 19.1 Å². The molecule has 1 unspecified atom stereocenters. The van der Waals surface area contributed by atoms with Gasteiger partial charge in [0.1, 0.15) is 29.2 Å². The number of ether oxygens (including phenoxy) is 2. The van der Waals surface area contributed by atoms with Crippen LogP contribution in [-0.4, -0.2) is 59.2 Å². The van der Waals surface area contributed by atoms with Crippen molar-refractivity contribution in [3.63, 3.8) is 0 Å². The minimum atomic E-state index is -0.676. The van der Waals surface area contributed by atoms with Crippen LogP contribution in [0.2, 0.25) is 0 Å².